The third-order valence-electron chi connectivity index (χ3n) is 2.99. The van der Waals surface area contributed by atoms with Crippen LogP contribution in [0.3, 0.4) is 0 Å². The highest BCUT2D eigenvalue weighted by Gasteiger charge is 2.15. The van der Waals surface area contributed by atoms with Gasteiger partial charge in [0.15, 0.2) is 0 Å². The van der Waals surface area contributed by atoms with E-state index in [2.05, 4.69) is 15.2 Å². The minimum atomic E-state index is -0.145. The van der Waals surface area contributed by atoms with Gasteiger partial charge in [-0.2, -0.15) is 0 Å². The van der Waals surface area contributed by atoms with Gasteiger partial charge in [0.2, 0.25) is 0 Å². The number of methoxy groups -OCH3 is 1. The molecule has 0 atom stereocenters. The second kappa shape index (κ2) is 6.35. The van der Waals surface area contributed by atoms with Crippen LogP contribution in [0.4, 0.5) is 5.82 Å². The summed E-state index contributed by atoms with van der Waals surface area (Å²) in [5.74, 6) is 0.750. The zero-order valence-corrected chi connectivity index (χ0v) is 10.7. The number of nitrogens with zero attached hydrogens (tertiary/aromatic N) is 2. The van der Waals surface area contributed by atoms with Crippen LogP contribution in [0.25, 0.3) is 0 Å². The van der Waals surface area contributed by atoms with Gasteiger partial charge in [-0.25, -0.2) is 4.98 Å². The van der Waals surface area contributed by atoms with Gasteiger partial charge in [0, 0.05) is 26.7 Å². The Balaban J connectivity index is 1.99. The van der Waals surface area contributed by atoms with Crippen molar-refractivity contribution in [3.63, 3.8) is 0 Å². The Morgan fingerprint density at radius 1 is 1.44 bits per heavy atom. The Labute approximate surface area is 107 Å². The number of nitrogens with one attached hydrogen (secondary N) is 1. The third kappa shape index (κ3) is 3.20. The molecule has 0 unspecified atom stereocenters. The summed E-state index contributed by atoms with van der Waals surface area (Å²) in [4.78, 5) is 18.5. The number of pyridine rings is 1. The second-order valence-electron chi connectivity index (χ2n) is 4.32. The zero-order chi connectivity index (χ0) is 12.8. The molecule has 1 fully saturated rings. The van der Waals surface area contributed by atoms with Gasteiger partial charge in [-0.15, -0.1) is 0 Å². The molecule has 1 aliphatic heterocycles. The number of anilines is 1. The lowest BCUT2D eigenvalue weighted by atomic mass is 10.3. The van der Waals surface area contributed by atoms with Crippen LogP contribution < -0.4 is 10.2 Å². The number of amides is 1. The summed E-state index contributed by atoms with van der Waals surface area (Å²) >= 11 is 0. The minimum absolute atomic E-state index is 0.145. The smallest absolute Gasteiger partial charge is 0.270 e. The van der Waals surface area contributed by atoms with Crippen molar-refractivity contribution >= 4 is 11.7 Å². The molecule has 0 bridgehead atoms. The molecule has 0 aliphatic carbocycles. The summed E-state index contributed by atoms with van der Waals surface area (Å²) in [6.45, 7) is 3.08. The summed E-state index contributed by atoms with van der Waals surface area (Å²) in [5, 5.41) is 2.77. The topological polar surface area (TPSA) is 54.5 Å². The van der Waals surface area contributed by atoms with Crippen LogP contribution in [0.5, 0.6) is 0 Å². The van der Waals surface area contributed by atoms with E-state index >= 15 is 0 Å². The van der Waals surface area contributed by atoms with Gasteiger partial charge in [-0.3, -0.25) is 4.79 Å². The SMILES string of the molecule is COCCNC(=O)c1cccc(N2CCCC2)n1. The standard InChI is InChI=1S/C13H19N3O2/c1-18-10-7-14-13(17)11-5-4-6-12(15-11)16-8-2-3-9-16/h4-6H,2-3,7-10H2,1H3,(H,14,17). The number of aromatic nitrogens is 1. The number of carbonyl (C=O) groups excluding carboxylic acids is 1. The van der Waals surface area contributed by atoms with Gasteiger partial charge in [0.05, 0.1) is 6.61 Å². The maximum Gasteiger partial charge on any atom is 0.270 e. The van der Waals surface area contributed by atoms with Gasteiger partial charge in [0.25, 0.3) is 5.91 Å². The van der Waals surface area contributed by atoms with Gasteiger partial charge in [0.1, 0.15) is 11.5 Å². The monoisotopic (exact) mass is 249 g/mol. The number of carbonyl (C=O) groups is 1. The van der Waals surface area contributed by atoms with Crippen molar-refractivity contribution in [1.29, 1.82) is 0 Å². The largest absolute Gasteiger partial charge is 0.383 e. The number of hydrogen-bond donors (Lipinski definition) is 1. The van der Waals surface area contributed by atoms with Crippen molar-refractivity contribution in [2.24, 2.45) is 0 Å². The molecular formula is C13H19N3O2. The van der Waals surface area contributed by atoms with Crippen LogP contribution in [0.2, 0.25) is 0 Å². The molecular weight excluding hydrogens is 230 g/mol. The average molecular weight is 249 g/mol. The zero-order valence-electron chi connectivity index (χ0n) is 10.7. The molecule has 1 aromatic heterocycles. The molecule has 5 nitrogen and oxygen atoms in total. The molecule has 0 radical (unpaired) electrons. The molecule has 0 aromatic carbocycles. The Kier molecular flexibility index (Phi) is 4.52. The molecule has 1 aliphatic rings. The van der Waals surface area contributed by atoms with Crippen LogP contribution in [0.15, 0.2) is 18.2 Å². The summed E-state index contributed by atoms with van der Waals surface area (Å²) in [7, 11) is 1.61. The van der Waals surface area contributed by atoms with Crippen LogP contribution in [0.1, 0.15) is 23.3 Å². The maximum atomic E-state index is 11.8. The lowest BCUT2D eigenvalue weighted by molar-refractivity contribution is 0.0932. The van der Waals surface area contributed by atoms with Crippen molar-refractivity contribution in [2.75, 3.05) is 38.3 Å². The van der Waals surface area contributed by atoms with E-state index in [0.29, 0.717) is 18.8 Å². The first-order valence-electron chi connectivity index (χ1n) is 6.30. The third-order valence-corrected chi connectivity index (χ3v) is 2.99. The van der Waals surface area contributed by atoms with Crippen LogP contribution >= 0.6 is 0 Å². The van der Waals surface area contributed by atoms with Crippen LogP contribution in [-0.2, 0) is 4.74 Å². The highest BCUT2D eigenvalue weighted by atomic mass is 16.5. The summed E-state index contributed by atoms with van der Waals surface area (Å²) in [5.41, 5.74) is 0.468. The summed E-state index contributed by atoms with van der Waals surface area (Å²) < 4.78 is 4.89. The van der Waals surface area contributed by atoms with Crippen LogP contribution in [-0.4, -0.2) is 44.2 Å². The predicted octanol–water partition coefficient (Wildman–Crippen LogP) is 1.06. The molecule has 2 rings (SSSR count). The Bertz CT molecular complexity index is 403. The Morgan fingerprint density at radius 3 is 2.94 bits per heavy atom. The van der Waals surface area contributed by atoms with Crippen molar-refractivity contribution < 1.29 is 9.53 Å². The quantitative estimate of drug-likeness (QED) is 0.793. The van der Waals surface area contributed by atoms with Crippen molar-refractivity contribution in [1.82, 2.24) is 10.3 Å². The predicted molar refractivity (Wildman–Crippen MR) is 69.9 cm³/mol. The van der Waals surface area contributed by atoms with E-state index in [1.54, 1.807) is 13.2 Å². The van der Waals surface area contributed by atoms with Gasteiger partial charge in [-0.05, 0) is 25.0 Å². The molecule has 2 heterocycles. The maximum absolute atomic E-state index is 11.8. The van der Waals surface area contributed by atoms with Crippen molar-refractivity contribution in [3.8, 4) is 0 Å². The highest BCUT2D eigenvalue weighted by Crippen LogP contribution is 2.17. The Hall–Kier alpha value is -1.62. The normalized spacial score (nSPS) is 14.8. The molecule has 0 spiro atoms. The first kappa shape index (κ1) is 12.8. The molecule has 1 amide bonds. The fourth-order valence-electron chi connectivity index (χ4n) is 2.03. The lowest BCUT2D eigenvalue weighted by Crippen LogP contribution is -2.28. The van der Waals surface area contributed by atoms with Crippen molar-refractivity contribution in [2.45, 2.75) is 12.8 Å². The van der Waals surface area contributed by atoms with E-state index < -0.39 is 0 Å². The van der Waals surface area contributed by atoms with Gasteiger partial charge >= 0.3 is 0 Å². The lowest BCUT2D eigenvalue weighted by Gasteiger charge is -2.16. The van der Waals surface area contributed by atoms with Gasteiger partial charge < -0.3 is 15.0 Å². The molecule has 1 saturated heterocycles. The fraction of sp³-hybridized carbons (Fsp3) is 0.538. The molecule has 5 heteroatoms. The van der Waals surface area contributed by atoms with E-state index in [4.69, 9.17) is 4.74 Å². The van der Waals surface area contributed by atoms with E-state index in [1.165, 1.54) is 12.8 Å². The first-order chi connectivity index (χ1) is 8.81. The second-order valence-corrected chi connectivity index (χ2v) is 4.32. The summed E-state index contributed by atoms with van der Waals surface area (Å²) in [6.07, 6.45) is 2.40. The molecule has 0 saturated carbocycles. The molecule has 1 aromatic rings. The fourth-order valence-corrected chi connectivity index (χ4v) is 2.03. The first-order valence-corrected chi connectivity index (χ1v) is 6.30. The van der Waals surface area contributed by atoms with E-state index in [1.807, 2.05) is 12.1 Å². The van der Waals surface area contributed by atoms with E-state index in [-0.39, 0.29) is 5.91 Å². The molecule has 98 valence electrons. The average Bonchev–Trinajstić information content (AvgIpc) is 2.93. The summed E-state index contributed by atoms with van der Waals surface area (Å²) in [6, 6.07) is 5.57. The number of ether oxygens (including phenoxy) is 1. The highest BCUT2D eigenvalue weighted by molar-refractivity contribution is 5.92. The van der Waals surface area contributed by atoms with E-state index in [9.17, 15) is 4.79 Å². The molecule has 18 heavy (non-hydrogen) atoms. The van der Waals surface area contributed by atoms with Gasteiger partial charge in [-0.1, -0.05) is 6.07 Å². The Morgan fingerprint density at radius 2 is 2.22 bits per heavy atom. The minimum Gasteiger partial charge on any atom is -0.383 e. The van der Waals surface area contributed by atoms with E-state index in [0.717, 1.165) is 18.9 Å². The van der Waals surface area contributed by atoms with Crippen molar-refractivity contribution in [3.05, 3.63) is 23.9 Å². The number of rotatable bonds is 5. The molecule has 1 N–H and O–H groups in total. The number of hydrogen-bond acceptors (Lipinski definition) is 4. The van der Waals surface area contributed by atoms with Crippen LogP contribution in [0, 0.1) is 0 Å².